The van der Waals surface area contributed by atoms with Crippen molar-refractivity contribution in [1.82, 2.24) is 4.98 Å². The molecule has 1 aliphatic rings. The number of carbonyl (C=O) groups excluding carboxylic acids is 2. The molecule has 1 amide bonds. The molecule has 0 unspecified atom stereocenters. The molecular weight excluding hydrogens is 259 g/mol. The Labute approximate surface area is 117 Å². The summed E-state index contributed by atoms with van der Waals surface area (Å²) in [6, 6.07) is 2.82. The molecule has 1 aliphatic heterocycles. The summed E-state index contributed by atoms with van der Waals surface area (Å²) in [4.78, 5) is 26.3. The highest BCUT2D eigenvalue weighted by Crippen LogP contribution is 2.36. The molecule has 2 heterocycles. The molecule has 0 radical (unpaired) electrons. The quantitative estimate of drug-likeness (QED) is 0.633. The van der Waals surface area contributed by atoms with Gasteiger partial charge in [0, 0.05) is 5.56 Å². The maximum Gasteiger partial charge on any atom is 0.514 e. The van der Waals surface area contributed by atoms with Gasteiger partial charge in [0.2, 0.25) is 5.91 Å². The van der Waals surface area contributed by atoms with Gasteiger partial charge in [-0.2, -0.15) is 0 Å². The third kappa shape index (κ3) is 2.46. The predicted octanol–water partition coefficient (Wildman–Crippen LogP) is 0.292. The number of nitrogens with two attached hydrogens (primary N) is 1. The average Bonchev–Trinajstić information content (AvgIpc) is 2.58. The average molecular weight is 276 g/mol. The Balaban J connectivity index is 2.42. The van der Waals surface area contributed by atoms with Crippen molar-refractivity contribution in [3.05, 3.63) is 23.4 Å². The zero-order valence-corrected chi connectivity index (χ0v) is 12.0. The van der Waals surface area contributed by atoms with Gasteiger partial charge < -0.3 is 15.0 Å². The van der Waals surface area contributed by atoms with E-state index in [1.54, 1.807) is 0 Å². The van der Waals surface area contributed by atoms with Crippen LogP contribution < -0.4 is 11.3 Å². The summed E-state index contributed by atoms with van der Waals surface area (Å²) in [7, 11) is -0.738. The van der Waals surface area contributed by atoms with Crippen molar-refractivity contribution in [3.63, 3.8) is 0 Å². The fraction of sp³-hybridized carbons (Fsp3) is 0.462. The molecule has 7 heteroatoms. The lowest BCUT2D eigenvalue weighted by Crippen LogP contribution is -2.41. The minimum absolute atomic E-state index is 0.117. The summed E-state index contributed by atoms with van der Waals surface area (Å²) >= 11 is 0. The number of rotatable bonds is 3. The number of primary amides is 1. The molecule has 0 aliphatic carbocycles. The predicted molar refractivity (Wildman–Crippen MR) is 73.9 cm³/mol. The van der Waals surface area contributed by atoms with Crippen LogP contribution in [0.15, 0.2) is 12.1 Å². The first kappa shape index (κ1) is 14.7. The van der Waals surface area contributed by atoms with E-state index in [-0.39, 0.29) is 11.3 Å². The van der Waals surface area contributed by atoms with E-state index < -0.39 is 24.2 Å². The molecule has 0 atom stereocenters. The van der Waals surface area contributed by atoms with Gasteiger partial charge in [-0.1, -0.05) is 0 Å². The molecule has 2 rings (SSSR count). The fourth-order valence-electron chi connectivity index (χ4n) is 1.86. The van der Waals surface area contributed by atoms with Crippen LogP contribution in [0.1, 0.15) is 48.5 Å². The van der Waals surface area contributed by atoms with Crippen LogP contribution in [0.5, 0.6) is 0 Å². The number of aromatic nitrogens is 1. The van der Waals surface area contributed by atoms with Crippen molar-refractivity contribution >= 4 is 24.9 Å². The van der Waals surface area contributed by atoms with Gasteiger partial charge in [0.05, 0.1) is 16.8 Å². The minimum Gasteiger partial charge on any atom is -0.398 e. The molecule has 20 heavy (non-hydrogen) atoms. The van der Waals surface area contributed by atoms with Gasteiger partial charge >= 0.3 is 7.12 Å². The second-order valence-corrected chi connectivity index (χ2v) is 5.78. The number of pyridine rings is 1. The SMILES string of the molecule is CC1(C)OB(c2cc(C(N)=O)cc(C=O)n2)OC1(C)C. The number of hydrogen-bond acceptors (Lipinski definition) is 5. The van der Waals surface area contributed by atoms with Crippen LogP contribution in [0.3, 0.4) is 0 Å². The standard InChI is InChI=1S/C13H17BN2O4/c1-12(2)13(3,4)20-14(19-12)10-6-8(11(15)18)5-9(7-17)16-10/h5-7H,1-4H3,(H2,15,18). The Bertz CT molecular complexity index is 555. The van der Waals surface area contributed by atoms with E-state index in [1.165, 1.54) is 12.1 Å². The molecule has 0 bridgehead atoms. The summed E-state index contributed by atoms with van der Waals surface area (Å²) in [5, 5.41) is 0. The Morgan fingerprint density at radius 2 is 1.80 bits per heavy atom. The lowest BCUT2D eigenvalue weighted by atomic mass is 9.83. The highest BCUT2D eigenvalue weighted by atomic mass is 16.7. The molecule has 0 saturated carbocycles. The first-order valence-corrected chi connectivity index (χ1v) is 6.29. The lowest BCUT2D eigenvalue weighted by molar-refractivity contribution is 0.00578. The van der Waals surface area contributed by atoms with Gasteiger partial charge in [0.1, 0.15) is 5.69 Å². The lowest BCUT2D eigenvalue weighted by Gasteiger charge is -2.32. The van der Waals surface area contributed by atoms with Crippen molar-refractivity contribution in [2.45, 2.75) is 38.9 Å². The van der Waals surface area contributed by atoms with Crippen molar-refractivity contribution in [2.24, 2.45) is 5.73 Å². The van der Waals surface area contributed by atoms with Crippen LogP contribution in [-0.2, 0) is 9.31 Å². The number of nitrogens with zero attached hydrogens (tertiary/aromatic N) is 1. The first-order valence-electron chi connectivity index (χ1n) is 6.29. The van der Waals surface area contributed by atoms with E-state index in [2.05, 4.69) is 4.98 Å². The summed E-state index contributed by atoms with van der Waals surface area (Å²) in [5.41, 5.74) is 4.88. The summed E-state index contributed by atoms with van der Waals surface area (Å²) < 4.78 is 11.7. The molecule has 1 aromatic rings. The second kappa shape index (κ2) is 4.68. The molecular formula is C13H17BN2O4. The Morgan fingerprint density at radius 3 is 2.25 bits per heavy atom. The summed E-state index contributed by atoms with van der Waals surface area (Å²) in [6.07, 6.45) is 0.557. The Kier molecular flexibility index (Phi) is 3.43. The molecule has 1 saturated heterocycles. The van der Waals surface area contributed by atoms with Crippen LogP contribution in [0.25, 0.3) is 0 Å². The van der Waals surface area contributed by atoms with Crippen molar-refractivity contribution < 1.29 is 18.9 Å². The van der Waals surface area contributed by atoms with Crippen LogP contribution >= 0.6 is 0 Å². The summed E-state index contributed by atoms with van der Waals surface area (Å²) in [5.74, 6) is -0.631. The highest BCUT2D eigenvalue weighted by Gasteiger charge is 2.52. The third-order valence-corrected chi connectivity index (χ3v) is 3.76. The largest absolute Gasteiger partial charge is 0.514 e. The van der Waals surface area contributed by atoms with Gasteiger partial charge in [-0.15, -0.1) is 0 Å². The van der Waals surface area contributed by atoms with Gasteiger partial charge in [-0.3, -0.25) is 14.6 Å². The van der Waals surface area contributed by atoms with Crippen molar-refractivity contribution in [1.29, 1.82) is 0 Å². The molecule has 2 N–H and O–H groups in total. The summed E-state index contributed by atoms with van der Waals surface area (Å²) in [6.45, 7) is 7.63. The fourth-order valence-corrected chi connectivity index (χ4v) is 1.86. The number of aldehydes is 1. The van der Waals surface area contributed by atoms with Gasteiger partial charge in [0.25, 0.3) is 0 Å². The van der Waals surface area contributed by atoms with Gasteiger partial charge in [-0.05, 0) is 39.8 Å². The first-order chi connectivity index (χ1) is 9.16. The molecule has 106 valence electrons. The van der Waals surface area contributed by atoms with E-state index in [9.17, 15) is 9.59 Å². The second-order valence-electron chi connectivity index (χ2n) is 5.78. The topological polar surface area (TPSA) is 91.5 Å². The van der Waals surface area contributed by atoms with Crippen LogP contribution in [-0.4, -0.2) is 35.5 Å². The molecule has 1 aromatic heterocycles. The Morgan fingerprint density at radius 1 is 1.25 bits per heavy atom. The zero-order chi connectivity index (χ0) is 15.1. The smallest absolute Gasteiger partial charge is 0.398 e. The minimum atomic E-state index is -0.738. The Hall–Kier alpha value is -1.73. The van der Waals surface area contributed by atoms with Crippen LogP contribution in [0.2, 0.25) is 0 Å². The van der Waals surface area contributed by atoms with E-state index in [1.807, 2.05) is 27.7 Å². The van der Waals surface area contributed by atoms with E-state index in [0.717, 1.165) is 0 Å². The van der Waals surface area contributed by atoms with E-state index in [4.69, 9.17) is 15.0 Å². The number of hydrogen-bond donors (Lipinski definition) is 1. The zero-order valence-electron chi connectivity index (χ0n) is 12.0. The van der Waals surface area contributed by atoms with Crippen molar-refractivity contribution in [3.8, 4) is 0 Å². The van der Waals surface area contributed by atoms with Crippen molar-refractivity contribution in [2.75, 3.05) is 0 Å². The van der Waals surface area contributed by atoms with Gasteiger partial charge in [-0.25, -0.2) is 0 Å². The maximum absolute atomic E-state index is 11.3. The molecule has 6 nitrogen and oxygen atoms in total. The molecule has 0 aromatic carbocycles. The number of amides is 1. The number of carbonyl (C=O) groups is 2. The molecule has 1 fully saturated rings. The maximum atomic E-state index is 11.3. The van der Waals surface area contributed by atoms with E-state index in [0.29, 0.717) is 11.9 Å². The van der Waals surface area contributed by atoms with Gasteiger partial charge in [0.15, 0.2) is 6.29 Å². The highest BCUT2D eigenvalue weighted by molar-refractivity contribution is 6.61. The van der Waals surface area contributed by atoms with Crippen LogP contribution in [0.4, 0.5) is 0 Å². The van der Waals surface area contributed by atoms with E-state index >= 15 is 0 Å². The molecule has 0 spiro atoms. The monoisotopic (exact) mass is 276 g/mol. The third-order valence-electron chi connectivity index (χ3n) is 3.76. The normalized spacial score (nSPS) is 19.9. The van der Waals surface area contributed by atoms with Crippen LogP contribution in [0, 0.1) is 0 Å².